The Morgan fingerprint density at radius 3 is 2.86 bits per heavy atom. The van der Waals surface area contributed by atoms with Crippen molar-refractivity contribution in [2.75, 3.05) is 7.11 Å². The fraction of sp³-hybridized carbons (Fsp3) is 0.364. The van der Waals surface area contributed by atoms with E-state index < -0.39 is 6.10 Å². The first-order valence-corrected chi connectivity index (χ1v) is 4.41. The molecule has 1 rings (SSSR count). The molecule has 0 amide bonds. The molecule has 0 fully saturated rings. The average Bonchev–Trinajstić information content (AvgIpc) is 2.19. The van der Waals surface area contributed by atoms with E-state index in [2.05, 4.69) is 0 Å². The Kier molecular flexibility index (Phi) is 4.11. The summed E-state index contributed by atoms with van der Waals surface area (Å²) in [5.74, 6) is 0. The molecule has 0 saturated carbocycles. The van der Waals surface area contributed by atoms with E-state index in [4.69, 9.17) is 10.00 Å². The lowest BCUT2D eigenvalue weighted by Crippen LogP contribution is -2.02. The SMILES string of the molecule is COCc1ccccc1C(O)CC#N. The number of hydrogen-bond donors (Lipinski definition) is 1. The number of rotatable bonds is 4. The highest BCUT2D eigenvalue weighted by Crippen LogP contribution is 2.20. The van der Waals surface area contributed by atoms with Gasteiger partial charge in [0.25, 0.3) is 0 Å². The van der Waals surface area contributed by atoms with Crippen molar-refractivity contribution in [3.8, 4) is 6.07 Å². The first-order chi connectivity index (χ1) is 6.79. The van der Waals surface area contributed by atoms with Crippen LogP contribution in [0.15, 0.2) is 24.3 Å². The largest absolute Gasteiger partial charge is 0.387 e. The van der Waals surface area contributed by atoms with Crippen LogP contribution in [-0.2, 0) is 11.3 Å². The summed E-state index contributed by atoms with van der Waals surface area (Å²) in [5.41, 5.74) is 1.70. The second-order valence-corrected chi connectivity index (χ2v) is 3.01. The van der Waals surface area contributed by atoms with E-state index in [0.29, 0.717) is 6.61 Å². The molecule has 0 aliphatic rings. The third kappa shape index (κ3) is 2.56. The molecule has 74 valence electrons. The van der Waals surface area contributed by atoms with Crippen molar-refractivity contribution in [2.45, 2.75) is 19.1 Å². The van der Waals surface area contributed by atoms with Gasteiger partial charge in [-0.2, -0.15) is 5.26 Å². The Hall–Kier alpha value is -1.37. The number of methoxy groups -OCH3 is 1. The van der Waals surface area contributed by atoms with Gasteiger partial charge in [0.05, 0.1) is 25.2 Å². The minimum Gasteiger partial charge on any atom is -0.387 e. The van der Waals surface area contributed by atoms with E-state index in [1.165, 1.54) is 0 Å². The van der Waals surface area contributed by atoms with Gasteiger partial charge >= 0.3 is 0 Å². The molecule has 0 spiro atoms. The van der Waals surface area contributed by atoms with E-state index in [0.717, 1.165) is 11.1 Å². The maximum Gasteiger partial charge on any atom is 0.0923 e. The molecule has 0 bridgehead atoms. The first kappa shape index (κ1) is 10.7. The Bertz CT molecular complexity index is 330. The van der Waals surface area contributed by atoms with Crippen LogP contribution in [0.2, 0.25) is 0 Å². The van der Waals surface area contributed by atoms with Gasteiger partial charge in [-0.1, -0.05) is 24.3 Å². The van der Waals surface area contributed by atoms with E-state index in [9.17, 15) is 5.11 Å². The van der Waals surface area contributed by atoms with Gasteiger partial charge in [0.15, 0.2) is 0 Å². The lowest BCUT2D eigenvalue weighted by molar-refractivity contribution is 0.164. The van der Waals surface area contributed by atoms with Crippen LogP contribution >= 0.6 is 0 Å². The molecule has 1 aromatic carbocycles. The topological polar surface area (TPSA) is 53.2 Å². The van der Waals surface area contributed by atoms with Gasteiger partial charge < -0.3 is 9.84 Å². The lowest BCUT2D eigenvalue weighted by Gasteiger charge is -2.12. The van der Waals surface area contributed by atoms with Gasteiger partial charge in [-0.3, -0.25) is 0 Å². The number of benzene rings is 1. The second kappa shape index (κ2) is 5.38. The standard InChI is InChI=1S/C11H13NO2/c1-14-8-9-4-2-3-5-10(9)11(13)6-7-12/h2-5,11,13H,6,8H2,1H3. The summed E-state index contributed by atoms with van der Waals surface area (Å²) in [4.78, 5) is 0. The summed E-state index contributed by atoms with van der Waals surface area (Å²) < 4.78 is 5.00. The number of hydrogen-bond acceptors (Lipinski definition) is 3. The number of aliphatic hydroxyl groups is 1. The van der Waals surface area contributed by atoms with Gasteiger partial charge in [0.1, 0.15) is 0 Å². The van der Waals surface area contributed by atoms with Crippen molar-refractivity contribution in [1.82, 2.24) is 0 Å². The minimum atomic E-state index is -0.716. The quantitative estimate of drug-likeness (QED) is 0.789. The van der Waals surface area contributed by atoms with Crippen molar-refractivity contribution in [3.63, 3.8) is 0 Å². The molecule has 1 N–H and O–H groups in total. The number of ether oxygens (including phenoxy) is 1. The number of nitriles is 1. The Morgan fingerprint density at radius 2 is 2.21 bits per heavy atom. The summed E-state index contributed by atoms with van der Waals surface area (Å²) in [6, 6.07) is 9.38. The molecule has 0 aliphatic carbocycles. The maximum absolute atomic E-state index is 9.65. The van der Waals surface area contributed by atoms with Crippen molar-refractivity contribution in [3.05, 3.63) is 35.4 Å². The summed E-state index contributed by atoms with van der Waals surface area (Å²) in [7, 11) is 1.60. The summed E-state index contributed by atoms with van der Waals surface area (Å²) >= 11 is 0. The van der Waals surface area contributed by atoms with Crippen LogP contribution in [0.3, 0.4) is 0 Å². The van der Waals surface area contributed by atoms with Gasteiger partial charge in [0, 0.05) is 7.11 Å². The Morgan fingerprint density at radius 1 is 1.50 bits per heavy atom. The molecule has 0 radical (unpaired) electrons. The lowest BCUT2D eigenvalue weighted by atomic mass is 10.0. The van der Waals surface area contributed by atoms with Crippen molar-refractivity contribution >= 4 is 0 Å². The fourth-order valence-corrected chi connectivity index (χ4v) is 1.34. The van der Waals surface area contributed by atoms with Gasteiger partial charge in [-0.15, -0.1) is 0 Å². The van der Waals surface area contributed by atoms with E-state index in [-0.39, 0.29) is 6.42 Å². The minimum absolute atomic E-state index is 0.112. The van der Waals surface area contributed by atoms with Crippen LogP contribution in [0.4, 0.5) is 0 Å². The molecule has 1 atom stereocenters. The van der Waals surface area contributed by atoms with Crippen LogP contribution in [0.1, 0.15) is 23.7 Å². The third-order valence-electron chi connectivity index (χ3n) is 2.00. The Labute approximate surface area is 83.6 Å². The molecule has 1 aromatic rings. The van der Waals surface area contributed by atoms with Crippen LogP contribution in [0.5, 0.6) is 0 Å². The highest BCUT2D eigenvalue weighted by atomic mass is 16.5. The van der Waals surface area contributed by atoms with Crippen LogP contribution in [0.25, 0.3) is 0 Å². The molecule has 14 heavy (non-hydrogen) atoms. The highest BCUT2D eigenvalue weighted by Gasteiger charge is 2.10. The molecule has 0 aliphatic heterocycles. The van der Waals surface area contributed by atoms with Crippen molar-refractivity contribution in [2.24, 2.45) is 0 Å². The molecule has 1 unspecified atom stereocenters. The van der Waals surface area contributed by atoms with Crippen LogP contribution < -0.4 is 0 Å². The monoisotopic (exact) mass is 191 g/mol. The molecular formula is C11H13NO2. The van der Waals surface area contributed by atoms with Gasteiger partial charge in [-0.05, 0) is 11.1 Å². The fourth-order valence-electron chi connectivity index (χ4n) is 1.34. The Balaban J connectivity index is 2.89. The van der Waals surface area contributed by atoms with Crippen molar-refractivity contribution in [1.29, 1.82) is 5.26 Å². The average molecular weight is 191 g/mol. The van der Waals surface area contributed by atoms with E-state index in [1.807, 2.05) is 30.3 Å². The molecular weight excluding hydrogens is 178 g/mol. The van der Waals surface area contributed by atoms with Crippen molar-refractivity contribution < 1.29 is 9.84 Å². The maximum atomic E-state index is 9.65. The van der Waals surface area contributed by atoms with Gasteiger partial charge in [-0.25, -0.2) is 0 Å². The predicted octanol–water partition coefficient (Wildman–Crippen LogP) is 1.78. The van der Waals surface area contributed by atoms with E-state index in [1.54, 1.807) is 7.11 Å². The second-order valence-electron chi connectivity index (χ2n) is 3.01. The molecule has 3 nitrogen and oxygen atoms in total. The first-order valence-electron chi connectivity index (χ1n) is 4.41. The zero-order valence-corrected chi connectivity index (χ0v) is 8.10. The van der Waals surface area contributed by atoms with Crippen LogP contribution in [-0.4, -0.2) is 12.2 Å². The van der Waals surface area contributed by atoms with E-state index >= 15 is 0 Å². The highest BCUT2D eigenvalue weighted by molar-refractivity contribution is 5.29. The zero-order valence-electron chi connectivity index (χ0n) is 8.10. The predicted molar refractivity (Wildman–Crippen MR) is 52.3 cm³/mol. The molecule has 3 heteroatoms. The zero-order chi connectivity index (χ0) is 10.4. The molecule has 0 heterocycles. The number of aliphatic hydroxyl groups excluding tert-OH is 1. The summed E-state index contributed by atoms with van der Waals surface area (Å²) in [5, 5.41) is 18.1. The molecule has 0 aromatic heterocycles. The summed E-state index contributed by atoms with van der Waals surface area (Å²) in [6.45, 7) is 0.457. The third-order valence-corrected chi connectivity index (χ3v) is 2.00. The smallest absolute Gasteiger partial charge is 0.0923 e. The normalized spacial score (nSPS) is 12.1. The van der Waals surface area contributed by atoms with Gasteiger partial charge in [0.2, 0.25) is 0 Å². The summed E-state index contributed by atoms with van der Waals surface area (Å²) in [6.07, 6.45) is -0.605. The number of nitrogens with zero attached hydrogens (tertiary/aromatic N) is 1. The van der Waals surface area contributed by atoms with Crippen LogP contribution in [0, 0.1) is 11.3 Å². The molecule has 0 saturated heterocycles.